The van der Waals surface area contributed by atoms with Gasteiger partial charge in [0.25, 0.3) is 0 Å². The molecule has 0 bridgehead atoms. The average Bonchev–Trinajstić information content (AvgIpc) is 2.98. The van der Waals surface area contributed by atoms with E-state index in [1.807, 2.05) is 0 Å². The van der Waals surface area contributed by atoms with Gasteiger partial charge in [0.05, 0.1) is 0 Å². The van der Waals surface area contributed by atoms with Gasteiger partial charge in [-0.3, -0.25) is 0 Å². The van der Waals surface area contributed by atoms with Crippen LogP contribution in [0, 0.1) is 10.8 Å². The number of hydrogen-bond acceptors (Lipinski definition) is 4. The van der Waals surface area contributed by atoms with Crippen LogP contribution < -0.4 is 0 Å². The molecule has 4 nitrogen and oxygen atoms in total. The van der Waals surface area contributed by atoms with Crippen molar-refractivity contribution in [1.82, 2.24) is 0 Å². The lowest BCUT2D eigenvalue weighted by Gasteiger charge is -2.52. The topological polar surface area (TPSA) is 80.9 Å². The molecule has 0 unspecified atom stereocenters. The summed E-state index contributed by atoms with van der Waals surface area (Å²) in [5.74, 6) is 0. The molecule has 0 aromatic heterocycles. The van der Waals surface area contributed by atoms with Gasteiger partial charge in [0.15, 0.2) is 0 Å². The summed E-state index contributed by atoms with van der Waals surface area (Å²) in [5, 5.41) is 40.8. The second-order valence-corrected chi connectivity index (χ2v) is 14.1. The summed E-state index contributed by atoms with van der Waals surface area (Å²) in [6.07, 6.45) is 39.7. The molecule has 1 rings (SSSR count). The summed E-state index contributed by atoms with van der Waals surface area (Å²) in [6.45, 7) is 0.439. The van der Waals surface area contributed by atoms with E-state index in [1.54, 1.807) is 0 Å². The molecule has 0 atom stereocenters. The molecule has 4 N–H and O–H groups in total. The van der Waals surface area contributed by atoms with Gasteiger partial charge in [-0.1, -0.05) is 167 Å². The van der Waals surface area contributed by atoms with Gasteiger partial charge >= 0.3 is 0 Å². The van der Waals surface area contributed by atoms with Crippen LogP contribution in [0.15, 0.2) is 0 Å². The first kappa shape index (κ1) is 39.9. The molecule has 0 saturated heterocycles. The van der Waals surface area contributed by atoms with Crippen LogP contribution in [0.1, 0.15) is 205 Å². The molecular formula is C38H76O4. The van der Waals surface area contributed by atoms with Gasteiger partial charge in [-0.05, 0) is 49.4 Å². The lowest BCUT2D eigenvalue weighted by molar-refractivity contribution is -0.0601. The zero-order valence-corrected chi connectivity index (χ0v) is 28.2. The molecule has 0 aromatic rings. The van der Waals surface area contributed by atoms with Gasteiger partial charge in [0.1, 0.15) is 0 Å². The van der Waals surface area contributed by atoms with Crippen molar-refractivity contribution < 1.29 is 20.4 Å². The third-order valence-electron chi connectivity index (χ3n) is 11.0. The van der Waals surface area contributed by atoms with E-state index in [1.165, 1.54) is 154 Å². The second kappa shape index (κ2) is 28.3. The lowest BCUT2D eigenvalue weighted by Crippen LogP contribution is -2.45. The van der Waals surface area contributed by atoms with Gasteiger partial charge in [-0.15, -0.1) is 0 Å². The van der Waals surface area contributed by atoms with E-state index in [-0.39, 0.29) is 37.3 Å². The maximum Gasteiger partial charge on any atom is 0.0436 e. The fourth-order valence-corrected chi connectivity index (χ4v) is 8.37. The molecule has 1 fully saturated rings. The minimum Gasteiger partial charge on any atom is -0.396 e. The fraction of sp³-hybridized carbons (Fsp3) is 1.00. The first-order valence-electron chi connectivity index (χ1n) is 19.1. The Kier molecular flexibility index (Phi) is 26.9. The van der Waals surface area contributed by atoms with Crippen LogP contribution in [0.2, 0.25) is 0 Å². The highest BCUT2D eigenvalue weighted by molar-refractivity contribution is 4.98. The Labute approximate surface area is 262 Å². The van der Waals surface area contributed by atoms with E-state index in [0.717, 1.165) is 25.7 Å². The number of aliphatic hydroxyl groups is 4. The Balaban J connectivity index is 2.72. The molecule has 42 heavy (non-hydrogen) atoms. The number of rotatable bonds is 8. The Morgan fingerprint density at radius 3 is 0.524 bits per heavy atom. The van der Waals surface area contributed by atoms with E-state index >= 15 is 0 Å². The predicted octanol–water partition coefficient (Wildman–Crippen LogP) is 10.4. The van der Waals surface area contributed by atoms with Gasteiger partial charge in [0, 0.05) is 26.4 Å². The normalized spacial score (nSPS) is 23.1. The third-order valence-corrected chi connectivity index (χ3v) is 11.0. The minimum atomic E-state index is -0.220. The minimum absolute atomic E-state index is 0.110. The summed E-state index contributed by atoms with van der Waals surface area (Å²) in [5.41, 5.74) is -0.440. The summed E-state index contributed by atoms with van der Waals surface area (Å²) in [7, 11) is 0. The Hall–Kier alpha value is -0.160. The van der Waals surface area contributed by atoms with Crippen molar-refractivity contribution in [2.75, 3.05) is 26.4 Å². The lowest BCUT2D eigenvalue weighted by atomic mass is 9.53. The van der Waals surface area contributed by atoms with E-state index in [4.69, 9.17) is 0 Å². The highest BCUT2D eigenvalue weighted by Crippen LogP contribution is 2.56. The zero-order chi connectivity index (χ0) is 30.5. The first-order chi connectivity index (χ1) is 20.7. The maximum atomic E-state index is 10.2. The first-order valence-corrected chi connectivity index (χ1v) is 19.1. The summed E-state index contributed by atoms with van der Waals surface area (Å²) >= 11 is 0. The average molecular weight is 597 g/mol. The Morgan fingerprint density at radius 1 is 0.238 bits per heavy atom. The number of aliphatic hydroxyl groups excluding tert-OH is 4. The molecule has 1 aliphatic carbocycles. The van der Waals surface area contributed by atoms with E-state index in [2.05, 4.69) is 0 Å². The monoisotopic (exact) mass is 597 g/mol. The smallest absolute Gasteiger partial charge is 0.0436 e. The van der Waals surface area contributed by atoms with Crippen molar-refractivity contribution >= 4 is 0 Å². The van der Waals surface area contributed by atoms with Gasteiger partial charge in [-0.2, -0.15) is 0 Å². The van der Waals surface area contributed by atoms with Crippen LogP contribution in [0.4, 0.5) is 0 Å². The van der Waals surface area contributed by atoms with Gasteiger partial charge < -0.3 is 20.4 Å². The predicted molar refractivity (Wildman–Crippen MR) is 181 cm³/mol. The molecule has 0 aliphatic heterocycles. The van der Waals surface area contributed by atoms with Gasteiger partial charge in [0.2, 0.25) is 0 Å². The zero-order valence-electron chi connectivity index (χ0n) is 28.2. The summed E-state index contributed by atoms with van der Waals surface area (Å²) < 4.78 is 0. The van der Waals surface area contributed by atoms with E-state index in [0.29, 0.717) is 25.7 Å². The van der Waals surface area contributed by atoms with Crippen LogP contribution in [-0.2, 0) is 0 Å². The van der Waals surface area contributed by atoms with Crippen molar-refractivity contribution in [3.63, 3.8) is 0 Å². The second-order valence-electron chi connectivity index (χ2n) is 14.1. The van der Waals surface area contributed by atoms with Crippen LogP contribution in [0.3, 0.4) is 0 Å². The van der Waals surface area contributed by atoms with E-state index < -0.39 is 0 Å². The van der Waals surface area contributed by atoms with Crippen LogP contribution in [-0.4, -0.2) is 46.9 Å². The van der Waals surface area contributed by atoms with E-state index in [9.17, 15) is 20.4 Å². The molecular weight excluding hydrogens is 520 g/mol. The van der Waals surface area contributed by atoms with Crippen LogP contribution >= 0.6 is 0 Å². The molecule has 0 amide bonds. The molecule has 1 aliphatic rings. The standard InChI is InChI=1S/C38H76O4/c39-33-29-37(30-34-40)27-25-23-21-19-17-15-13-11-9-7-5-3-1-2-4-6-8-10-12-14-16-18-20-22-24-26-28-38(37,31-35-41)32-36-42/h39-42H,1-36H2. The summed E-state index contributed by atoms with van der Waals surface area (Å²) in [6, 6.07) is 0. The Bertz CT molecular complexity index is 491. The molecule has 1 saturated carbocycles. The Morgan fingerprint density at radius 2 is 0.381 bits per heavy atom. The van der Waals surface area contributed by atoms with Crippen molar-refractivity contribution in [3.8, 4) is 0 Å². The molecule has 0 aromatic carbocycles. The maximum absolute atomic E-state index is 10.2. The SMILES string of the molecule is OCCC1(CCO)CCCCCCCCCCCCCCCCCCCCCCCCCCCCC1(CCO)CCO. The quantitative estimate of drug-likeness (QED) is 0.225. The summed E-state index contributed by atoms with van der Waals surface area (Å²) in [4.78, 5) is 0. The third kappa shape index (κ3) is 18.0. The highest BCUT2D eigenvalue weighted by Gasteiger charge is 2.48. The largest absolute Gasteiger partial charge is 0.396 e. The van der Waals surface area contributed by atoms with Crippen LogP contribution in [0.25, 0.3) is 0 Å². The molecule has 4 heteroatoms. The van der Waals surface area contributed by atoms with Crippen molar-refractivity contribution in [2.24, 2.45) is 10.8 Å². The van der Waals surface area contributed by atoms with Crippen molar-refractivity contribution in [3.05, 3.63) is 0 Å². The van der Waals surface area contributed by atoms with Crippen molar-refractivity contribution in [2.45, 2.75) is 205 Å². The van der Waals surface area contributed by atoms with Crippen LogP contribution in [0.5, 0.6) is 0 Å². The molecule has 252 valence electrons. The highest BCUT2D eigenvalue weighted by atomic mass is 16.3. The molecule has 0 spiro atoms. The van der Waals surface area contributed by atoms with Crippen molar-refractivity contribution in [1.29, 1.82) is 0 Å². The molecule has 0 radical (unpaired) electrons. The van der Waals surface area contributed by atoms with Gasteiger partial charge in [-0.25, -0.2) is 0 Å². The number of hydrogen-bond donors (Lipinski definition) is 4. The fourth-order valence-electron chi connectivity index (χ4n) is 8.37. The molecule has 0 heterocycles.